The van der Waals surface area contributed by atoms with Gasteiger partial charge >= 0.3 is 0 Å². The number of amides is 1. The van der Waals surface area contributed by atoms with E-state index in [1.165, 1.54) is 42.5 Å². The van der Waals surface area contributed by atoms with Gasteiger partial charge in [0, 0.05) is 5.69 Å². The highest BCUT2D eigenvalue weighted by Gasteiger charge is 2.09. The molecule has 0 atom stereocenters. The average Bonchev–Trinajstić information content (AvgIpc) is 2.47. The van der Waals surface area contributed by atoms with Crippen molar-refractivity contribution in [1.82, 2.24) is 0 Å². The number of halogens is 1. The third kappa shape index (κ3) is 3.91. The zero-order valence-electron chi connectivity index (χ0n) is 10.9. The van der Waals surface area contributed by atoms with E-state index in [0.717, 1.165) is 0 Å². The molecule has 21 heavy (non-hydrogen) atoms. The Morgan fingerprint density at radius 2 is 1.95 bits per heavy atom. The Labute approximate surface area is 120 Å². The second-order valence-corrected chi connectivity index (χ2v) is 4.23. The molecule has 0 saturated carbocycles. The van der Waals surface area contributed by atoms with Gasteiger partial charge in [0.15, 0.2) is 0 Å². The Hall–Kier alpha value is -3.13. The smallest absolute Gasteiger partial charge is 0.266 e. The van der Waals surface area contributed by atoms with Crippen LogP contribution in [0.5, 0.6) is 5.75 Å². The fraction of sp³-hybridized carbons (Fsp3) is 0. The molecule has 0 heterocycles. The first-order valence-electron chi connectivity index (χ1n) is 6.06. The molecule has 0 bridgehead atoms. The molecule has 0 radical (unpaired) electrons. The number of nitrogens with zero attached hydrogens (tertiary/aromatic N) is 1. The van der Waals surface area contributed by atoms with Gasteiger partial charge in [-0.2, -0.15) is 5.26 Å². The summed E-state index contributed by atoms with van der Waals surface area (Å²) in [5.41, 5.74) is 0.796. The summed E-state index contributed by atoms with van der Waals surface area (Å²) >= 11 is 0. The standard InChI is InChI=1S/C16H11FN2O2/c17-13-4-6-14(7-5-13)19-16(21)12(10-18)8-11-2-1-3-15(20)9-11/h1-9,20H,(H,19,21). The monoisotopic (exact) mass is 282 g/mol. The van der Waals surface area contributed by atoms with Gasteiger partial charge in [-0.3, -0.25) is 4.79 Å². The van der Waals surface area contributed by atoms with Gasteiger partial charge in [-0.15, -0.1) is 0 Å². The Kier molecular flexibility index (Phi) is 4.32. The van der Waals surface area contributed by atoms with E-state index in [1.807, 2.05) is 0 Å². The summed E-state index contributed by atoms with van der Waals surface area (Å²) < 4.78 is 12.8. The van der Waals surface area contributed by atoms with Crippen molar-refractivity contribution in [1.29, 1.82) is 5.26 Å². The highest BCUT2D eigenvalue weighted by atomic mass is 19.1. The fourth-order valence-corrected chi connectivity index (χ4v) is 1.66. The minimum Gasteiger partial charge on any atom is -0.508 e. The van der Waals surface area contributed by atoms with Crippen LogP contribution in [-0.2, 0) is 4.79 Å². The predicted octanol–water partition coefficient (Wildman–Crippen LogP) is 3.08. The van der Waals surface area contributed by atoms with Gasteiger partial charge in [0.25, 0.3) is 5.91 Å². The number of anilines is 1. The van der Waals surface area contributed by atoms with E-state index in [-0.39, 0.29) is 11.3 Å². The minimum atomic E-state index is -0.604. The van der Waals surface area contributed by atoms with Crippen LogP contribution in [-0.4, -0.2) is 11.0 Å². The van der Waals surface area contributed by atoms with Crippen molar-refractivity contribution in [2.75, 3.05) is 5.32 Å². The van der Waals surface area contributed by atoms with E-state index in [2.05, 4.69) is 5.32 Å². The van der Waals surface area contributed by atoms with Crippen LogP contribution < -0.4 is 5.32 Å². The summed E-state index contributed by atoms with van der Waals surface area (Å²) in [5, 5.41) is 20.9. The first kappa shape index (κ1) is 14.3. The number of phenols is 1. The van der Waals surface area contributed by atoms with Gasteiger partial charge < -0.3 is 10.4 Å². The first-order valence-corrected chi connectivity index (χ1v) is 6.06. The molecule has 2 aromatic carbocycles. The van der Waals surface area contributed by atoms with Crippen molar-refractivity contribution in [3.05, 3.63) is 65.5 Å². The lowest BCUT2D eigenvalue weighted by Gasteiger charge is -2.04. The van der Waals surface area contributed by atoms with E-state index < -0.39 is 11.7 Å². The van der Waals surface area contributed by atoms with Gasteiger partial charge in [-0.05, 0) is 48.0 Å². The Morgan fingerprint density at radius 1 is 1.24 bits per heavy atom. The molecule has 0 fully saturated rings. The van der Waals surface area contributed by atoms with Gasteiger partial charge in [0.1, 0.15) is 23.2 Å². The maximum atomic E-state index is 12.8. The van der Waals surface area contributed by atoms with Crippen LogP contribution in [0.25, 0.3) is 6.08 Å². The third-order valence-corrected chi connectivity index (χ3v) is 2.65. The van der Waals surface area contributed by atoms with Crippen molar-refractivity contribution in [2.24, 2.45) is 0 Å². The SMILES string of the molecule is N#CC(=Cc1cccc(O)c1)C(=O)Nc1ccc(F)cc1. The molecule has 2 N–H and O–H groups in total. The van der Waals surface area contributed by atoms with Crippen LogP contribution in [0.2, 0.25) is 0 Å². The van der Waals surface area contributed by atoms with Crippen LogP contribution in [0.4, 0.5) is 10.1 Å². The normalized spacial score (nSPS) is 10.8. The molecule has 1 amide bonds. The molecule has 0 aliphatic heterocycles. The number of carbonyl (C=O) groups excluding carboxylic acids is 1. The second kappa shape index (κ2) is 6.35. The maximum Gasteiger partial charge on any atom is 0.266 e. The van der Waals surface area contributed by atoms with Crippen molar-refractivity contribution in [3.8, 4) is 11.8 Å². The Bertz CT molecular complexity index is 731. The minimum absolute atomic E-state index is 0.0417. The number of phenolic OH excluding ortho intramolecular Hbond substituents is 1. The molecule has 0 saturated heterocycles. The molecule has 5 heteroatoms. The summed E-state index contributed by atoms with van der Waals surface area (Å²) in [6.45, 7) is 0. The van der Waals surface area contributed by atoms with Crippen molar-refractivity contribution < 1.29 is 14.3 Å². The van der Waals surface area contributed by atoms with E-state index in [1.54, 1.807) is 18.2 Å². The van der Waals surface area contributed by atoms with Crippen molar-refractivity contribution in [2.45, 2.75) is 0 Å². The van der Waals surface area contributed by atoms with E-state index in [4.69, 9.17) is 5.26 Å². The van der Waals surface area contributed by atoms with Crippen LogP contribution in [0.1, 0.15) is 5.56 Å². The molecule has 2 aromatic rings. The maximum absolute atomic E-state index is 12.8. The zero-order valence-corrected chi connectivity index (χ0v) is 10.9. The molecular formula is C16H11FN2O2. The van der Waals surface area contributed by atoms with Gasteiger partial charge in [-0.1, -0.05) is 12.1 Å². The molecule has 0 aliphatic rings. The first-order chi connectivity index (χ1) is 10.1. The average molecular weight is 282 g/mol. The topological polar surface area (TPSA) is 73.1 Å². The lowest BCUT2D eigenvalue weighted by atomic mass is 10.1. The second-order valence-electron chi connectivity index (χ2n) is 4.23. The van der Waals surface area contributed by atoms with Crippen molar-refractivity contribution >= 4 is 17.7 Å². The van der Waals surface area contributed by atoms with E-state index >= 15 is 0 Å². The quantitative estimate of drug-likeness (QED) is 0.671. The van der Waals surface area contributed by atoms with Crippen LogP contribution in [0, 0.1) is 17.1 Å². The van der Waals surface area contributed by atoms with Crippen LogP contribution in [0.15, 0.2) is 54.1 Å². The number of carbonyl (C=O) groups is 1. The number of aromatic hydroxyl groups is 1. The lowest BCUT2D eigenvalue weighted by Crippen LogP contribution is -2.13. The van der Waals surface area contributed by atoms with Crippen LogP contribution >= 0.6 is 0 Å². The number of benzene rings is 2. The summed E-state index contributed by atoms with van der Waals surface area (Å²) in [6.07, 6.45) is 1.36. The van der Waals surface area contributed by atoms with E-state index in [9.17, 15) is 14.3 Å². The van der Waals surface area contributed by atoms with Gasteiger partial charge in [0.05, 0.1) is 0 Å². The molecule has 0 spiro atoms. The van der Waals surface area contributed by atoms with Crippen LogP contribution in [0.3, 0.4) is 0 Å². The van der Waals surface area contributed by atoms with E-state index in [0.29, 0.717) is 11.3 Å². The molecule has 0 aromatic heterocycles. The molecule has 4 nitrogen and oxygen atoms in total. The van der Waals surface area contributed by atoms with Crippen molar-refractivity contribution in [3.63, 3.8) is 0 Å². The van der Waals surface area contributed by atoms with Gasteiger partial charge in [-0.25, -0.2) is 4.39 Å². The fourth-order valence-electron chi connectivity index (χ4n) is 1.66. The number of hydrogen-bond donors (Lipinski definition) is 2. The predicted molar refractivity (Wildman–Crippen MR) is 76.7 cm³/mol. The molecule has 0 aliphatic carbocycles. The summed E-state index contributed by atoms with van der Waals surface area (Å²) in [7, 11) is 0. The molecule has 0 unspecified atom stereocenters. The zero-order chi connectivity index (χ0) is 15.2. The highest BCUT2D eigenvalue weighted by molar-refractivity contribution is 6.09. The highest BCUT2D eigenvalue weighted by Crippen LogP contribution is 2.15. The third-order valence-electron chi connectivity index (χ3n) is 2.65. The summed E-state index contributed by atoms with van der Waals surface area (Å²) in [5.74, 6) is -0.976. The molecule has 104 valence electrons. The number of hydrogen-bond acceptors (Lipinski definition) is 3. The van der Waals surface area contributed by atoms with Gasteiger partial charge in [0.2, 0.25) is 0 Å². The molecular weight excluding hydrogens is 271 g/mol. The largest absolute Gasteiger partial charge is 0.508 e. The number of nitrogens with one attached hydrogen (secondary N) is 1. The summed E-state index contributed by atoms with van der Waals surface area (Å²) in [6, 6.07) is 13.2. The summed E-state index contributed by atoms with van der Waals surface area (Å²) in [4.78, 5) is 12.0. The number of rotatable bonds is 3. The Balaban J connectivity index is 2.19. The lowest BCUT2D eigenvalue weighted by molar-refractivity contribution is -0.112. The number of nitriles is 1. The molecule has 2 rings (SSSR count). The Morgan fingerprint density at radius 3 is 2.57 bits per heavy atom.